The highest BCUT2D eigenvalue weighted by Gasteiger charge is 2.25. The van der Waals surface area contributed by atoms with Crippen LogP contribution in [0.3, 0.4) is 0 Å². The second-order valence-electron chi connectivity index (χ2n) is 11.3. The summed E-state index contributed by atoms with van der Waals surface area (Å²) in [6, 6.07) is 4.14. The minimum atomic E-state index is -0.406. The lowest BCUT2D eigenvalue weighted by Gasteiger charge is -2.36. The number of nitrogens with zero attached hydrogens (tertiary/aromatic N) is 5. The number of thiol groups is 1. The van der Waals surface area contributed by atoms with Crippen LogP contribution in [-0.2, 0) is 15.4 Å². The predicted molar refractivity (Wildman–Crippen MR) is 176 cm³/mol. The van der Waals surface area contributed by atoms with Crippen molar-refractivity contribution in [2.24, 2.45) is 10.9 Å². The molecule has 2 N–H and O–H groups in total. The van der Waals surface area contributed by atoms with E-state index in [4.69, 9.17) is 4.99 Å². The Hall–Kier alpha value is -3.31. The quantitative estimate of drug-likeness (QED) is 0.330. The van der Waals surface area contributed by atoms with Gasteiger partial charge in [-0.1, -0.05) is 44.9 Å². The Morgan fingerprint density at radius 3 is 2.44 bits per heavy atom. The maximum atomic E-state index is 11.7. The second-order valence-corrected chi connectivity index (χ2v) is 11.5. The average molecular weight is 612 g/mol. The number of aromatic nitrogens is 1. The van der Waals surface area contributed by atoms with E-state index in [9.17, 15) is 9.59 Å². The molecule has 0 spiro atoms. The lowest BCUT2D eigenvalue weighted by Crippen LogP contribution is -2.50. The molecule has 43 heavy (non-hydrogen) atoms. The Balaban J connectivity index is 0.000000381. The van der Waals surface area contributed by atoms with Crippen LogP contribution in [0.2, 0.25) is 0 Å². The number of hydrogen-bond donors (Lipinski definition) is 3. The summed E-state index contributed by atoms with van der Waals surface area (Å²) in [5.74, 6) is 2.96. The van der Waals surface area contributed by atoms with Crippen LogP contribution in [-0.4, -0.2) is 90.4 Å². The van der Waals surface area contributed by atoms with Gasteiger partial charge in [-0.2, -0.15) is 0 Å². The van der Waals surface area contributed by atoms with Crippen molar-refractivity contribution in [1.29, 1.82) is 0 Å². The van der Waals surface area contributed by atoms with E-state index in [0.29, 0.717) is 26.2 Å². The summed E-state index contributed by atoms with van der Waals surface area (Å²) in [6.07, 6.45) is 12.5. The molecule has 4 aliphatic rings. The normalized spacial score (nSPS) is 19.8. The molecular formula is C32H49N7O3S. The van der Waals surface area contributed by atoms with Gasteiger partial charge in [0.15, 0.2) is 0 Å². The number of amidine groups is 1. The zero-order chi connectivity index (χ0) is 31.2. The standard InChI is InChI=1S/C24H33N5O2S.C4H7NO.C4H9N/c1-5-8-21-19(9-7-11-25-21)20(17-18(3)6-2)23-26-22(10-12-27(23)4)28-13-15-29(16-14-28)24(30)31-32;6-4-2-1-3-5-4;1-4-2-5-3-4/h7,9-12,17,32H,5-6,8,13-16H2,1-4H3;1-3H2,(H,5,6);4-5H,2-3H2,1H3/b18-17?,23-20+;;. The molecule has 5 heterocycles. The number of amides is 2. The van der Waals surface area contributed by atoms with E-state index in [1.807, 2.05) is 25.4 Å². The maximum Gasteiger partial charge on any atom is 0.421 e. The summed E-state index contributed by atoms with van der Waals surface area (Å²) >= 11 is 3.63. The van der Waals surface area contributed by atoms with Gasteiger partial charge in [-0.05, 0) is 57.3 Å². The molecule has 11 heteroatoms. The van der Waals surface area contributed by atoms with Gasteiger partial charge in [-0.15, -0.1) is 0 Å². The molecule has 0 bridgehead atoms. The average Bonchev–Trinajstić information content (AvgIpc) is 3.50. The molecule has 3 fully saturated rings. The van der Waals surface area contributed by atoms with Crippen LogP contribution >= 0.6 is 12.9 Å². The number of piperazine rings is 1. The minimum Gasteiger partial charge on any atom is -0.378 e. The van der Waals surface area contributed by atoms with Crippen LogP contribution in [0.1, 0.15) is 64.6 Å². The molecule has 4 aliphatic heterocycles. The molecular weight excluding hydrogens is 562 g/mol. The number of nitrogens with one attached hydrogen (secondary N) is 2. The first-order valence-electron chi connectivity index (χ1n) is 15.4. The highest BCUT2D eigenvalue weighted by Crippen LogP contribution is 2.30. The molecule has 1 aromatic rings. The van der Waals surface area contributed by atoms with Gasteiger partial charge in [0.1, 0.15) is 11.7 Å². The SMILES string of the molecule is CC1CNC1.CCCc1ncccc1/C(C=C(C)CC)=C1\N=C(N2CCN(C(=O)OS)CC2)C=CN1C.O=C1CCCN1. The number of aliphatic imine (C=N–C) groups is 1. The number of pyridine rings is 1. The number of carbonyl (C=O) groups excluding carboxylic acids is 2. The predicted octanol–water partition coefficient (Wildman–Crippen LogP) is 4.64. The van der Waals surface area contributed by atoms with Crippen LogP contribution < -0.4 is 10.6 Å². The van der Waals surface area contributed by atoms with Crippen molar-refractivity contribution in [2.45, 2.75) is 59.8 Å². The lowest BCUT2D eigenvalue weighted by molar-refractivity contribution is -0.119. The van der Waals surface area contributed by atoms with Crippen molar-refractivity contribution < 1.29 is 13.8 Å². The van der Waals surface area contributed by atoms with E-state index in [1.165, 1.54) is 18.7 Å². The van der Waals surface area contributed by atoms with E-state index < -0.39 is 6.09 Å². The fourth-order valence-corrected chi connectivity index (χ4v) is 4.92. The first-order chi connectivity index (χ1) is 20.8. The zero-order valence-corrected chi connectivity index (χ0v) is 27.3. The maximum absolute atomic E-state index is 11.7. The first kappa shape index (κ1) is 34.2. The molecule has 0 unspecified atom stereocenters. The topological polar surface area (TPSA) is 102 Å². The molecule has 0 radical (unpaired) electrons. The van der Waals surface area contributed by atoms with E-state index in [2.05, 4.69) is 88.5 Å². The molecule has 1 aromatic heterocycles. The molecule has 0 saturated carbocycles. The first-order valence-corrected chi connectivity index (χ1v) is 15.8. The summed E-state index contributed by atoms with van der Waals surface area (Å²) in [6.45, 7) is 14.6. The van der Waals surface area contributed by atoms with E-state index in [1.54, 1.807) is 4.90 Å². The van der Waals surface area contributed by atoms with Crippen molar-refractivity contribution in [3.8, 4) is 0 Å². The van der Waals surface area contributed by atoms with Gasteiger partial charge in [0.2, 0.25) is 5.91 Å². The van der Waals surface area contributed by atoms with Crippen molar-refractivity contribution in [3.05, 3.63) is 59.3 Å². The molecule has 0 atom stereocenters. The summed E-state index contributed by atoms with van der Waals surface area (Å²) in [7, 11) is 2.03. The smallest absolute Gasteiger partial charge is 0.378 e. The van der Waals surface area contributed by atoms with Crippen molar-refractivity contribution in [3.63, 3.8) is 0 Å². The van der Waals surface area contributed by atoms with Gasteiger partial charge in [-0.3, -0.25) is 9.78 Å². The van der Waals surface area contributed by atoms with Crippen LogP contribution in [0.25, 0.3) is 5.57 Å². The molecule has 5 rings (SSSR count). The number of rotatable bonds is 5. The van der Waals surface area contributed by atoms with Crippen molar-refractivity contribution in [1.82, 2.24) is 30.3 Å². The Morgan fingerprint density at radius 2 is 1.93 bits per heavy atom. The summed E-state index contributed by atoms with van der Waals surface area (Å²) in [5.41, 5.74) is 4.60. The van der Waals surface area contributed by atoms with Crippen LogP contribution in [0.4, 0.5) is 4.79 Å². The van der Waals surface area contributed by atoms with E-state index >= 15 is 0 Å². The molecule has 0 aromatic carbocycles. The van der Waals surface area contributed by atoms with Crippen LogP contribution in [0.5, 0.6) is 0 Å². The molecule has 2 amide bonds. The van der Waals surface area contributed by atoms with E-state index in [-0.39, 0.29) is 5.91 Å². The number of aryl methyl sites for hydroxylation is 1. The Kier molecular flexibility index (Phi) is 14.1. The van der Waals surface area contributed by atoms with Crippen LogP contribution in [0.15, 0.2) is 53.1 Å². The van der Waals surface area contributed by atoms with Gasteiger partial charge in [0.05, 0.1) is 0 Å². The van der Waals surface area contributed by atoms with Crippen molar-refractivity contribution in [2.75, 3.05) is 52.9 Å². The highest BCUT2D eigenvalue weighted by atomic mass is 32.1. The van der Waals surface area contributed by atoms with Crippen molar-refractivity contribution >= 4 is 36.3 Å². The molecule has 3 saturated heterocycles. The van der Waals surface area contributed by atoms with Gasteiger partial charge >= 0.3 is 6.09 Å². The third-order valence-corrected chi connectivity index (χ3v) is 7.84. The summed E-state index contributed by atoms with van der Waals surface area (Å²) in [4.78, 5) is 37.6. The fraction of sp³-hybridized carbons (Fsp3) is 0.562. The monoisotopic (exact) mass is 611 g/mol. The molecule has 10 nitrogen and oxygen atoms in total. The number of allylic oxidation sites excluding steroid dienone is 3. The number of carbonyl (C=O) groups is 2. The Morgan fingerprint density at radius 1 is 1.21 bits per heavy atom. The third-order valence-electron chi connectivity index (χ3n) is 7.69. The molecule has 236 valence electrons. The molecule has 0 aliphatic carbocycles. The zero-order valence-electron chi connectivity index (χ0n) is 26.4. The van der Waals surface area contributed by atoms with Gasteiger partial charge in [0.25, 0.3) is 0 Å². The van der Waals surface area contributed by atoms with Gasteiger partial charge in [-0.25, -0.2) is 9.79 Å². The second kappa shape index (κ2) is 17.7. The summed E-state index contributed by atoms with van der Waals surface area (Å²) < 4.78 is 4.55. The third kappa shape index (κ3) is 10.4. The Labute approximate surface area is 262 Å². The highest BCUT2D eigenvalue weighted by molar-refractivity contribution is 7.75. The minimum absolute atomic E-state index is 0.204. The fourth-order valence-electron chi connectivity index (χ4n) is 4.80. The van der Waals surface area contributed by atoms with Crippen LogP contribution in [0, 0.1) is 5.92 Å². The number of hydrogen-bond acceptors (Lipinski definition) is 9. The Bertz CT molecular complexity index is 1190. The van der Waals surface area contributed by atoms with Gasteiger partial charge in [0, 0.05) is 88.3 Å². The summed E-state index contributed by atoms with van der Waals surface area (Å²) in [5, 5.41) is 5.84. The van der Waals surface area contributed by atoms with E-state index in [0.717, 1.165) is 73.1 Å². The van der Waals surface area contributed by atoms with Gasteiger partial charge < -0.3 is 29.5 Å². The largest absolute Gasteiger partial charge is 0.421 e. The lowest BCUT2D eigenvalue weighted by atomic mass is 9.98.